The van der Waals surface area contributed by atoms with Gasteiger partial charge in [-0.1, -0.05) is 85.6 Å². The van der Waals surface area contributed by atoms with Crippen molar-refractivity contribution in [3.05, 3.63) is 131 Å². The van der Waals surface area contributed by atoms with Crippen LogP contribution in [0, 0.1) is 13.8 Å². The molecule has 200 valence electrons. The number of rotatable bonds is 4. The van der Waals surface area contributed by atoms with Crippen LogP contribution >= 0.6 is 0 Å². The summed E-state index contributed by atoms with van der Waals surface area (Å²) in [6.45, 7) is 12.9. The zero-order valence-electron chi connectivity index (χ0n) is 24.8. The van der Waals surface area contributed by atoms with Gasteiger partial charge in [-0.05, 0) is 48.9 Å². The van der Waals surface area contributed by atoms with Crippen LogP contribution in [-0.4, -0.2) is 3.81 Å². The van der Waals surface area contributed by atoms with Gasteiger partial charge in [-0.25, -0.2) is 0 Å². The fraction of sp³-hybridized carbons (Fsp3) is 0.205. The third-order valence-electron chi connectivity index (χ3n) is 7.31. The molecule has 6 aromatic rings. The SMILES string of the molecule is CCc1cc2c(-c3ccccc3C)cccc2[cH-]1.CCc1cc2c(-c3ccccc3C)cccc2[cH-]1.C[C](C)=[Ti+2]. The molecule has 0 radical (unpaired) electrons. The second-order valence-electron chi connectivity index (χ2n) is 10.7. The quantitative estimate of drug-likeness (QED) is 0.150. The van der Waals surface area contributed by atoms with Gasteiger partial charge in [0.2, 0.25) is 0 Å². The molecule has 0 unspecified atom stereocenters. The maximum atomic E-state index is 2.33. The Labute approximate surface area is 252 Å². The van der Waals surface area contributed by atoms with Crippen LogP contribution in [0.3, 0.4) is 0 Å². The van der Waals surface area contributed by atoms with Gasteiger partial charge < -0.3 is 0 Å². The molecule has 0 aliphatic rings. The van der Waals surface area contributed by atoms with Crippen LogP contribution in [-0.2, 0) is 32.8 Å². The molecular weight excluding hydrogens is 516 g/mol. The number of hydrogen-bond acceptors (Lipinski definition) is 0. The Morgan fingerprint density at radius 2 is 0.900 bits per heavy atom. The first-order valence-corrected chi connectivity index (χ1v) is 15.1. The van der Waals surface area contributed by atoms with Crippen LogP contribution in [0.15, 0.2) is 109 Å². The van der Waals surface area contributed by atoms with Gasteiger partial charge in [-0.2, -0.15) is 12.1 Å². The average molecular weight is 557 g/mol. The second kappa shape index (κ2) is 13.8. The molecule has 6 aromatic carbocycles. The van der Waals surface area contributed by atoms with Crippen LogP contribution < -0.4 is 0 Å². The van der Waals surface area contributed by atoms with Crippen molar-refractivity contribution in [2.75, 3.05) is 0 Å². The summed E-state index contributed by atoms with van der Waals surface area (Å²) in [5.74, 6) is 0. The fourth-order valence-electron chi connectivity index (χ4n) is 5.22. The van der Waals surface area contributed by atoms with Crippen molar-refractivity contribution in [1.29, 1.82) is 0 Å². The third-order valence-corrected chi connectivity index (χ3v) is 7.31. The molecule has 0 fully saturated rings. The van der Waals surface area contributed by atoms with Crippen molar-refractivity contribution >= 4 is 25.4 Å². The first-order valence-electron chi connectivity index (χ1n) is 14.3. The topological polar surface area (TPSA) is 0 Å². The molecule has 0 N–H and O–H groups in total. The van der Waals surface area contributed by atoms with Gasteiger partial charge in [-0.15, -0.1) is 69.1 Å². The van der Waals surface area contributed by atoms with E-state index in [1.54, 1.807) is 0 Å². The summed E-state index contributed by atoms with van der Waals surface area (Å²) in [5, 5.41) is 5.47. The van der Waals surface area contributed by atoms with Crippen LogP contribution in [0.2, 0.25) is 0 Å². The minimum absolute atomic E-state index is 1.10. The van der Waals surface area contributed by atoms with E-state index in [2.05, 4.69) is 171 Å². The molecule has 0 aromatic heterocycles. The number of benzene rings is 4. The minimum atomic E-state index is 1.10. The Bertz CT molecular complexity index is 1600. The van der Waals surface area contributed by atoms with Gasteiger partial charge in [0.25, 0.3) is 0 Å². The molecule has 0 nitrogen and oxygen atoms in total. The van der Waals surface area contributed by atoms with Gasteiger partial charge in [0.1, 0.15) is 0 Å². The zero-order valence-corrected chi connectivity index (χ0v) is 26.4. The Morgan fingerprint density at radius 1 is 0.550 bits per heavy atom. The van der Waals surface area contributed by atoms with Crippen molar-refractivity contribution in [3.63, 3.8) is 0 Å². The molecule has 40 heavy (non-hydrogen) atoms. The molecule has 0 aliphatic carbocycles. The van der Waals surface area contributed by atoms with E-state index >= 15 is 0 Å². The van der Waals surface area contributed by atoms with E-state index in [4.69, 9.17) is 0 Å². The summed E-state index contributed by atoms with van der Waals surface area (Å²) in [4.78, 5) is 0. The fourth-order valence-corrected chi connectivity index (χ4v) is 5.22. The maximum absolute atomic E-state index is 2.33. The summed E-state index contributed by atoms with van der Waals surface area (Å²) in [6, 6.07) is 39.6. The molecule has 0 amide bonds. The molecule has 1 heteroatoms. The molecule has 0 saturated carbocycles. The molecular formula is C39H40Ti. The monoisotopic (exact) mass is 556 g/mol. The summed E-state index contributed by atoms with van der Waals surface area (Å²) in [6.07, 6.45) is 2.20. The molecule has 0 bridgehead atoms. The van der Waals surface area contributed by atoms with E-state index in [-0.39, 0.29) is 0 Å². The van der Waals surface area contributed by atoms with Crippen molar-refractivity contribution in [3.8, 4) is 22.3 Å². The van der Waals surface area contributed by atoms with E-state index < -0.39 is 0 Å². The molecule has 0 heterocycles. The van der Waals surface area contributed by atoms with E-state index in [1.165, 1.54) is 69.9 Å². The molecule has 0 atom stereocenters. The average Bonchev–Trinajstić information content (AvgIpc) is 3.58. The number of hydrogen-bond donors (Lipinski definition) is 0. The van der Waals surface area contributed by atoms with E-state index in [9.17, 15) is 0 Å². The normalized spacial score (nSPS) is 10.6. The Balaban J connectivity index is 0.000000164. The van der Waals surface area contributed by atoms with Crippen LogP contribution in [0.1, 0.15) is 49.9 Å². The Kier molecular flexibility index (Phi) is 10.3. The second-order valence-corrected chi connectivity index (χ2v) is 12.2. The van der Waals surface area contributed by atoms with E-state index in [1.807, 2.05) is 0 Å². The summed E-state index contributed by atoms with van der Waals surface area (Å²) >= 11 is 2.08. The van der Waals surface area contributed by atoms with Gasteiger partial charge in [0.15, 0.2) is 0 Å². The summed E-state index contributed by atoms with van der Waals surface area (Å²) < 4.78 is 1.42. The molecule has 0 saturated heterocycles. The van der Waals surface area contributed by atoms with Crippen molar-refractivity contribution < 1.29 is 20.0 Å². The standard InChI is InChI=1S/2C18H17.C3H6.Ti/c2*1-3-14-11-15-8-6-10-17(18(15)12-14)16-9-5-4-7-13(16)2;1-3-2;/h2*4-12H,3H2,1-2H3;1-2H3;/q2*-1;;+2. The first-order chi connectivity index (χ1) is 19.3. The van der Waals surface area contributed by atoms with E-state index in [0.717, 1.165) is 12.8 Å². The molecule has 6 rings (SSSR count). The third kappa shape index (κ3) is 7.06. The van der Waals surface area contributed by atoms with Crippen LogP contribution in [0.25, 0.3) is 43.8 Å². The number of aryl methyl sites for hydroxylation is 4. The predicted octanol–water partition coefficient (Wildman–Crippen LogP) is 10.9. The van der Waals surface area contributed by atoms with Crippen LogP contribution in [0.4, 0.5) is 0 Å². The summed E-state index contributed by atoms with van der Waals surface area (Å²) in [5.41, 5.74) is 10.9. The Hall–Kier alpha value is -3.32. The van der Waals surface area contributed by atoms with Crippen molar-refractivity contribution in [2.45, 2.75) is 54.4 Å². The van der Waals surface area contributed by atoms with Gasteiger partial charge in [0, 0.05) is 0 Å². The van der Waals surface area contributed by atoms with Crippen molar-refractivity contribution in [1.82, 2.24) is 0 Å². The summed E-state index contributed by atoms with van der Waals surface area (Å²) in [7, 11) is 0. The molecule has 0 aliphatic heterocycles. The van der Waals surface area contributed by atoms with Gasteiger partial charge >= 0.3 is 37.6 Å². The molecule has 0 spiro atoms. The first kappa shape index (κ1) is 29.7. The van der Waals surface area contributed by atoms with E-state index in [0.29, 0.717) is 0 Å². The number of fused-ring (bicyclic) bond motifs is 2. The van der Waals surface area contributed by atoms with Gasteiger partial charge in [-0.3, -0.25) is 0 Å². The predicted molar refractivity (Wildman–Crippen MR) is 175 cm³/mol. The Morgan fingerprint density at radius 3 is 1.25 bits per heavy atom. The van der Waals surface area contributed by atoms with Crippen LogP contribution in [0.5, 0.6) is 0 Å². The van der Waals surface area contributed by atoms with Crippen molar-refractivity contribution in [2.24, 2.45) is 0 Å². The zero-order chi connectivity index (χ0) is 28.6. The van der Waals surface area contributed by atoms with Gasteiger partial charge in [0.05, 0.1) is 0 Å².